The maximum atomic E-state index is 15.1. The molecule has 0 radical (unpaired) electrons. The van der Waals surface area contributed by atoms with Gasteiger partial charge >= 0.3 is 6.01 Å². The van der Waals surface area contributed by atoms with E-state index in [1.165, 1.54) is 50.7 Å². The third-order valence-electron chi connectivity index (χ3n) is 7.11. The molecule has 6 nitrogen and oxygen atoms in total. The van der Waals surface area contributed by atoms with Gasteiger partial charge in [-0.05, 0) is 55.1 Å². The number of methoxy groups -OCH3 is 1. The molecule has 2 fully saturated rings. The quantitative estimate of drug-likeness (QED) is 0.695. The van der Waals surface area contributed by atoms with Crippen molar-refractivity contribution in [2.24, 2.45) is 11.8 Å². The van der Waals surface area contributed by atoms with Crippen LogP contribution in [0.3, 0.4) is 0 Å². The first kappa shape index (κ1) is 20.5. The van der Waals surface area contributed by atoms with E-state index in [4.69, 9.17) is 14.2 Å². The van der Waals surface area contributed by atoms with Gasteiger partial charge in [0, 0.05) is 19.2 Å². The van der Waals surface area contributed by atoms with Crippen molar-refractivity contribution in [2.45, 2.75) is 63.7 Å². The molecule has 31 heavy (non-hydrogen) atoms. The van der Waals surface area contributed by atoms with Crippen LogP contribution in [0.15, 0.2) is 29.1 Å². The molecule has 7 heteroatoms. The van der Waals surface area contributed by atoms with Gasteiger partial charge in [0.1, 0.15) is 18.2 Å². The lowest BCUT2D eigenvalue weighted by Crippen LogP contribution is -2.31. The second kappa shape index (κ2) is 8.61. The van der Waals surface area contributed by atoms with Crippen molar-refractivity contribution in [3.05, 3.63) is 51.7 Å². The number of ether oxygens (including phenoxy) is 3. The summed E-state index contributed by atoms with van der Waals surface area (Å²) in [5.74, 6) is 1.94. The Morgan fingerprint density at radius 1 is 1.16 bits per heavy atom. The van der Waals surface area contributed by atoms with Crippen molar-refractivity contribution in [2.75, 3.05) is 13.7 Å². The average Bonchev–Trinajstić information content (AvgIpc) is 3.15. The van der Waals surface area contributed by atoms with Crippen molar-refractivity contribution in [1.82, 2.24) is 9.55 Å². The van der Waals surface area contributed by atoms with Gasteiger partial charge in [-0.1, -0.05) is 18.9 Å². The topological polar surface area (TPSA) is 62.6 Å². The van der Waals surface area contributed by atoms with E-state index in [1.54, 1.807) is 7.11 Å². The predicted molar refractivity (Wildman–Crippen MR) is 113 cm³/mol. The van der Waals surface area contributed by atoms with Gasteiger partial charge in [0.15, 0.2) is 6.10 Å². The molecule has 2 aliphatic carbocycles. The normalized spacial score (nSPS) is 26.9. The highest BCUT2D eigenvalue weighted by Crippen LogP contribution is 2.50. The standard InChI is InChI=1S/C24H29FN2O4/c1-29-13-17-10-22(28)26-24-27(17)12-19(31-24)14-30-18-8-9-20(21(25)11-18)23-15-4-2-5-16(23)7-3-6-15/h8-11,15-16,19,23H,2-7,12-14H2,1H3/t15?,16?,19-,23?/m0/s1. The molecule has 1 aromatic heterocycles. The number of aromatic nitrogens is 2. The fourth-order valence-corrected chi connectivity index (χ4v) is 5.80. The molecule has 0 spiro atoms. The summed E-state index contributed by atoms with van der Waals surface area (Å²) in [4.78, 5) is 15.7. The summed E-state index contributed by atoms with van der Waals surface area (Å²) in [5, 5.41) is 0. The van der Waals surface area contributed by atoms with Gasteiger partial charge in [-0.2, -0.15) is 4.98 Å². The Kier molecular flexibility index (Phi) is 5.69. The highest BCUT2D eigenvalue weighted by Gasteiger charge is 2.38. The Morgan fingerprint density at radius 3 is 2.58 bits per heavy atom. The molecular formula is C24H29FN2O4. The Balaban J connectivity index is 1.25. The minimum Gasteiger partial charge on any atom is -0.490 e. The number of rotatable bonds is 6. The SMILES string of the molecule is COCc1cc(=O)nc2n1C[C@@H](COc1ccc(C3C4CCCC3CCC4)c(F)c1)O2. The van der Waals surface area contributed by atoms with Gasteiger partial charge in [0.2, 0.25) is 0 Å². The van der Waals surface area contributed by atoms with E-state index in [0.29, 0.717) is 42.3 Å². The first-order valence-corrected chi connectivity index (χ1v) is 11.3. The largest absolute Gasteiger partial charge is 0.490 e. The number of hydrogen-bond donors (Lipinski definition) is 0. The lowest BCUT2D eigenvalue weighted by atomic mass is 9.62. The van der Waals surface area contributed by atoms with Crippen LogP contribution in [0.4, 0.5) is 4.39 Å². The summed E-state index contributed by atoms with van der Waals surface area (Å²) in [7, 11) is 1.58. The van der Waals surface area contributed by atoms with Crippen LogP contribution >= 0.6 is 0 Å². The molecule has 2 saturated carbocycles. The maximum Gasteiger partial charge on any atom is 0.300 e. The van der Waals surface area contributed by atoms with Crippen LogP contribution in [-0.2, 0) is 17.9 Å². The summed E-state index contributed by atoms with van der Waals surface area (Å²) in [6.45, 7) is 1.06. The van der Waals surface area contributed by atoms with Crippen LogP contribution in [0.5, 0.6) is 11.8 Å². The Hall–Kier alpha value is -2.41. The van der Waals surface area contributed by atoms with Gasteiger partial charge < -0.3 is 14.2 Å². The summed E-state index contributed by atoms with van der Waals surface area (Å²) >= 11 is 0. The number of nitrogens with zero attached hydrogens (tertiary/aromatic N) is 2. The molecule has 0 amide bonds. The Labute approximate surface area is 181 Å². The molecule has 5 rings (SSSR count). The second-order valence-electron chi connectivity index (χ2n) is 9.05. The van der Waals surface area contributed by atoms with Gasteiger partial charge in [0.25, 0.3) is 5.56 Å². The van der Waals surface area contributed by atoms with Crippen LogP contribution in [-0.4, -0.2) is 29.4 Å². The van der Waals surface area contributed by atoms with Gasteiger partial charge in [0.05, 0.1) is 18.8 Å². The van der Waals surface area contributed by atoms with E-state index >= 15 is 4.39 Å². The number of fused-ring (bicyclic) bond motifs is 3. The smallest absolute Gasteiger partial charge is 0.300 e. The molecule has 2 bridgehead atoms. The van der Waals surface area contributed by atoms with Gasteiger partial charge in [-0.15, -0.1) is 0 Å². The molecule has 166 valence electrons. The average molecular weight is 429 g/mol. The zero-order chi connectivity index (χ0) is 21.4. The molecule has 1 aromatic carbocycles. The minimum absolute atomic E-state index is 0.161. The van der Waals surface area contributed by atoms with Crippen molar-refractivity contribution in [1.29, 1.82) is 0 Å². The van der Waals surface area contributed by atoms with Crippen LogP contribution in [0, 0.1) is 17.7 Å². The molecule has 1 atom stereocenters. The van der Waals surface area contributed by atoms with Crippen molar-refractivity contribution >= 4 is 0 Å². The molecule has 1 aliphatic heterocycles. The van der Waals surface area contributed by atoms with Crippen LogP contribution < -0.4 is 15.0 Å². The monoisotopic (exact) mass is 428 g/mol. The predicted octanol–water partition coefficient (Wildman–Crippen LogP) is 4.05. The van der Waals surface area contributed by atoms with Crippen molar-refractivity contribution in [3.63, 3.8) is 0 Å². The first-order valence-electron chi connectivity index (χ1n) is 11.3. The summed E-state index contributed by atoms with van der Waals surface area (Å²) < 4.78 is 33.7. The zero-order valence-corrected chi connectivity index (χ0v) is 17.9. The fraction of sp³-hybridized carbons (Fsp3) is 0.583. The minimum atomic E-state index is -0.356. The molecule has 3 aliphatic rings. The maximum absolute atomic E-state index is 15.1. The number of halogens is 1. The zero-order valence-electron chi connectivity index (χ0n) is 17.9. The molecule has 0 unspecified atom stereocenters. The third-order valence-corrected chi connectivity index (χ3v) is 7.11. The van der Waals surface area contributed by atoms with E-state index in [2.05, 4.69) is 4.98 Å². The van der Waals surface area contributed by atoms with E-state index in [-0.39, 0.29) is 30.1 Å². The summed E-state index contributed by atoms with van der Waals surface area (Å²) in [6, 6.07) is 7.04. The molecule has 2 aromatic rings. The van der Waals surface area contributed by atoms with E-state index in [0.717, 1.165) is 5.56 Å². The van der Waals surface area contributed by atoms with Gasteiger partial charge in [-0.3, -0.25) is 9.36 Å². The van der Waals surface area contributed by atoms with Gasteiger partial charge in [-0.25, -0.2) is 4.39 Å². The lowest BCUT2D eigenvalue weighted by Gasteiger charge is -2.43. The van der Waals surface area contributed by atoms with Crippen molar-refractivity contribution in [3.8, 4) is 11.8 Å². The third kappa shape index (κ3) is 4.07. The summed E-state index contributed by atoms with van der Waals surface area (Å²) in [6.07, 6.45) is 7.16. The number of benzene rings is 1. The summed E-state index contributed by atoms with van der Waals surface area (Å²) in [5.41, 5.74) is 1.22. The van der Waals surface area contributed by atoms with Crippen LogP contribution in [0.2, 0.25) is 0 Å². The Morgan fingerprint density at radius 2 is 1.90 bits per heavy atom. The fourth-order valence-electron chi connectivity index (χ4n) is 5.80. The Bertz CT molecular complexity index is 986. The van der Waals surface area contributed by atoms with E-state index in [1.807, 2.05) is 16.7 Å². The van der Waals surface area contributed by atoms with Crippen LogP contribution in [0.25, 0.3) is 0 Å². The lowest BCUT2D eigenvalue weighted by molar-refractivity contribution is 0.141. The first-order chi connectivity index (χ1) is 15.1. The molecule has 0 N–H and O–H groups in total. The van der Waals surface area contributed by atoms with Crippen molar-refractivity contribution < 1.29 is 18.6 Å². The highest BCUT2D eigenvalue weighted by atomic mass is 19.1. The molecular weight excluding hydrogens is 399 g/mol. The van der Waals surface area contributed by atoms with E-state index in [9.17, 15) is 4.79 Å². The number of hydrogen-bond acceptors (Lipinski definition) is 5. The van der Waals surface area contributed by atoms with E-state index < -0.39 is 0 Å². The highest BCUT2D eigenvalue weighted by molar-refractivity contribution is 5.32. The molecule has 2 heterocycles. The molecule has 0 saturated heterocycles. The van der Waals surface area contributed by atoms with Crippen LogP contribution in [0.1, 0.15) is 55.7 Å². The second-order valence-corrected chi connectivity index (χ2v) is 9.05.